The lowest BCUT2D eigenvalue weighted by molar-refractivity contribution is 0.101. The number of nitrogens with one attached hydrogen (secondary N) is 1. The van der Waals surface area contributed by atoms with Crippen molar-refractivity contribution < 1.29 is 17.9 Å². The number of Topliss-reactive ketones (excluding diaryl/α,β-unsaturated/α-hetero) is 1. The number of ether oxygens (including phenoxy) is 1. The predicted molar refractivity (Wildman–Crippen MR) is 95.8 cm³/mol. The number of carbonyl (C=O) groups is 1. The molecule has 0 aliphatic carbocycles. The van der Waals surface area contributed by atoms with E-state index in [2.05, 4.69) is 14.7 Å². The van der Waals surface area contributed by atoms with E-state index in [4.69, 9.17) is 4.74 Å². The summed E-state index contributed by atoms with van der Waals surface area (Å²) in [6.07, 6.45) is 2.62. The van der Waals surface area contributed by atoms with Gasteiger partial charge in [0, 0.05) is 5.56 Å². The minimum atomic E-state index is -3.81. The van der Waals surface area contributed by atoms with E-state index in [1.54, 1.807) is 12.1 Å². The van der Waals surface area contributed by atoms with E-state index < -0.39 is 10.0 Å². The van der Waals surface area contributed by atoms with Crippen LogP contribution in [-0.4, -0.2) is 24.2 Å². The van der Waals surface area contributed by atoms with E-state index in [0.717, 1.165) is 0 Å². The van der Waals surface area contributed by atoms with E-state index in [0.29, 0.717) is 11.3 Å². The van der Waals surface area contributed by atoms with Crippen LogP contribution in [0.4, 0.5) is 5.69 Å². The quantitative estimate of drug-likeness (QED) is 0.670. The molecule has 2 aromatic carbocycles. The molecule has 0 radical (unpaired) electrons. The van der Waals surface area contributed by atoms with Crippen LogP contribution < -0.4 is 9.46 Å². The highest BCUT2D eigenvalue weighted by Gasteiger charge is 2.15. The van der Waals surface area contributed by atoms with Gasteiger partial charge in [0.1, 0.15) is 5.75 Å². The van der Waals surface area contributed by atoms with Crippen LogP contribution in [0.15, 0.2) is 71.9 Å². The van der Waals surface area contributed by atoms with Crippen molar-refractivity contribution >= 4 is 21.5 Å². The Kier molecular flexibility index (Phi) is 4.94. The fourth-order valence-corrected chi connectivity index (χ4v) is 3.13. The molecule has 132 valence electrons. The van der Waals surface area contributed by atoms with Gasteiger partial charge in [0.2, 0.25) is 0 Å². The molecule has 3 rings (SSSR count). The number of para-hydroxylation sites is 1. The summed E-state index contributed by atoms with van der Waals surface area (Å²) in [7, 11) is -3.81. The first-order valence-electron chi connectivity index (χ1n) is 7.63. The fourth-order valence-electron chi connectivity index (χ4n) is 2.10. The van der Waals surface area contributed by atoms with Gasteiger partial charge in [0.05, 0.1) is 23.0 Å². The van der Waals surface area contributed by atoms with Crippen molar-refractivity contribution in [3.63, 3.8) is 0 Å². The molecule has 0 atom stereocenters. The highest BCUT2D eigenvalue weighted by Crippen LogP contribution is 2.19. The molecule has 0 aliphatic heterocycles. The summed E-state index contributed by atoms with van der Waals surface area (Å²) in [4.78, 5) is 19.3. The molecule has 0 saturated heterocycles. The highest BCUT2D eigenvalue weighted by molar-refractivity contribution is 7.92. The molecular weight excluding hydrogens is 354 g/mol. The molecule has 1 N–H and O–H groups in total. The summed E-state index contributed by atoms with van der Waals surface area (Å²) in [5.74, 6) is 0.440. The minimum Gasteiger partial charge on any atom is -0.424 e. The Labute approximate surface area is 150 Å². The number of rotatable bonds is 6. The SMILES string of the molecule is CC(=O)c1ccc(S(=O)(=O)Nc2cnc(Oc3ccccc3)nc2)cc1. The maximum absolute atomic E-state index is 12.4. The minimum absolute atomic E-state index is 0.0344. The van der Waals surface area contributed by atoms with Crippen molar-refractivity contribution in [3.8, 4) is 11.8 Å². The molecule has 8 heteroatoms. The van der Waals surface area contributed by atoms with Crippen molar-refractivity contribution in [1.29, 1.82) is 0 Å². The molecule has 7 nitrogen and oxygen atoms in total. The zero-order valence-electron chi connectivity index (χ0n) is 13.8. The van der Waals surface area contributed by atoms with Gasteiger partial charge in [-0.3, -0.25) is 9.52 Å². The van der Waals surface area contributed by atoms with Gasteiger partial charge < -0.3 is 4.74 Å². The Morgan fingerprint density at radius 2 is 1.58 bits per heavy atom. The molecule has 0 bridgehead atoms. The van der Waals surface area contributed by atoms with Crippen molar-refractivity contribution in [2.45, 2.75) is 11.8 Å². The second-order valence-electron chi connectivity index (χ2n) is 5.36. The van der Waals surface area contributed by atoms with E-state index >= 15 is 0 Å². The fraction of sp³-hybridized carbons (Fsp3) is 0.0556. The molecule has 26 heavy (non-hydrogen) atoms. The number of nitrogens with zero attached hydrogens (tertiary/aromatic N) is 2. The number of ketones is 1. The lowest BCUT2D eigenvalue weighted by Crippen LogP contribution is -2.13. The van der Waals surface area contributed by atoms with Crippen LogP contribution in [0.3, 0.4) is 0 Å². The largest absolute Gasteiger partial charge is 0.424 e. The summed E-state index contributed by atoms with van der Waals surface area (Å²) in [6.45, 7) is 1.41. The Balaban J connectivity index is 1.72. The Morgan fingerprint density at radius 3 is 2.15 bits per heavy atom. The maximum atomic E-state index is 12.4. The molecule has 0 spiro atoms. The highest BCUT2D eigenvalue weighted by atomic mass is 32.2. The van der Waals surface area contributed by atoms with Gasteiger partial charge in [-0.05, 0) is 31.2 Å². The summed E-state index contributed by atoms with van der Waals surface area (Å²) in [5, 5.41) is 0. The number of sulfonamides is 1. The van der Waals surface area contributed by atoms with Gasteiger partial charge in [-0.2, -0.15) is 0 Å². The molecule has 3 aromatic rings. The topological polar surface area (TPSA) is 98.2 Å². The third-order valence-electron chi connectivity index (χ3n) is 3.40. The summed E-state index contributed by atoms with van der Waals surface area (Å²) in [6, 6.07) is 14.8. The Bertz CT molecular complexity index is 1000. The molecule has 0 amide bonds. The van der Waals surface area contributed by atoms with Crippen LogP contribution in [0.1, 0.15) is 17.3 Å². The zero-order valence-corrected chi connectivity index (χ0v) is 14.6. The zero-order chi connectivity index (χ0) is 18.6. The summed E-state index contributed by atoms with van der Waals surface area (Å²) in [5.41, 5.74) is 0.635. The van der Waals surface area contributed by atoms with Gasteiger partial charge in [0.15, 0.2) is 5.78 Å². The van der Waals surface area contributed by atoms with Crippen molar-refractivity contribution in [1.82, 2.24) is 9.97 Å². The van der Waals surface area contributed by atoms with Crippen molar-refractivity contribution in [2.75, 3.05) is 4.72 Å². The first-order chi connectivity index (χ1) is 12.4. The second-order valence-corrected chi connectivity index (χ2v) is 7.04. The van der Waals surface area contributed by atoms with Gasteiger partial charge in [-0.25, -0.2) is 18.4 Å². The standard InChI is InChI=1S/C18H15N3O4S/c1-13(22)14-7-9-17(10-8-14)26(23,24)21-15-11-19-18(20-12-15)25-16-5-3-2-4-6-16/h2-12,21H,1H3. The molecule has 0 saturated carbocycles. The normalized spacial score (nSPS) is 11.0. The van der Waals surface area contributed by atoms with Crippen LogP contribution in [-0.2, 0) is 10.0 Å². The van der Waals surface area contributed by atoms with Gasteiger partial charge >= 0.3 is 6.01 Å². The van der Waals surface area contributed by atoms with Crippen LogP contribution in [0.25, 0.3) is 0 Å². The molecule has 1 aromatic heterocycles. The lowest BCUT2D eigenvalue weighted by atomic mass is 10.2. The van der Waals surface area contributed by atoms with E-state index in [1.807, 2.05) is 18.2 Å². The van der Waals surface area contributed by atoms with Crippen LogP contribution >= 0.6 is 0 Å². The number of aromatic nitrogens is 2. The van der Waals surface area contributed by atoms with Crippen molar-refractivity contribution in [2.24, 2.45) is 0 Å². The third kappa shape index (κ3) is 4.22. The summed E-state index contributed by atoms with van der Waals surface area (Å²) >= 11 is 0. The number of anilines is 1. The van der Waals surface area contributed by atoms with Crippen molar-refractivity contribution in [3.05, 3.63) is 72.6 Å². The molecule has 1 heterocycles. The summed E-state index contributed by atoms with van der Waals surface area (Å²) < 4.78 is 32.6. The first-order valence-corrected chi connectivity index (χ1v) is 9.11. The third-order valence-corrected chi connectivity index (χ3v) is 4.80. The first kappa shape index (κ1) is 17.6. The monoisotopic (exact) mass is 369 g/mol. The second kappa shape index (κ2) is 7.32. The Hall–Kier alpha value is -3.26. The number of hydrogen-bond acceptors (Lipinski definition) is 6. The smallest absolute Gasteiger partial charge is 0.322 e. The van der Waals surface area contributed by atoms with Gasteiger partial charge in [0.25, 0.3) is 10.0 Å². The number of carbonyl (C=O) groups excluding carboxylic acids is 1. The van der Waals surface area contributed by atoms with Crippen LogP contribution in [0.5, 0.6) is 11.8 Å². The van der Waals surface area contributed by atoms with E-state index in [9.17, 15) is 13.2 Å². The molecular formula is C18H15N3O4S. The number of benzene rings is 2. The average molecular weight is 369 g/mol. The maximum Gasteiger partial charge on any atom is 0.322 e. The van der Waals surface area contributed by atoms with Gasteiger partial charge in [-0.15, -0.1) is 0 Å². The predicted octanol–water partition coefficient (Wildman–Crippen LogP) is 3.27. The van der Waals surface area contributed by atoms with Gasteiger partial charge in [-0.1, -0.05) is 30.3 Å². The van der Waals surface area contributed by atoms with E-state index in [-0.39, 0.29) is 22.4 Å². The average Bonchev–Trinajstić information content (AvgIpc) is 2.64. The lowest BCUT2D eigenvalue weighted by Gasteiger charge is -2.08. The molecule has 0 aliphatic rings. The van der Waals surface area contributed by atoms with Crippen LogP contribution in [0, 0.1) is 0 Å². The molecule has 0 unspecified atom stereocenters. The van der Waals surface area contributed by atoms with Crippen LogP contribution in [0.2, 0.25) is 0 Å². The molecule has 0 fully saturated rings. The number of hydrogen-bond donors (Lipinski definition) is 1. The van der Waals surface area contributed by atoms with E-state index in [1.165, 1.54) is 43.6 Å². The Morgan fingerprint density at radius 1 is 0.962 bits per heavy atom.